The normalized spacial score (nSPS) is 9.76. The lowest BCUT2D eigenvalue weighted by Crippen LogP contribution is -2.24. The number of rotatable bonds is 5. The molecule has 1 rings (SSSR count). The molecule has 0 spiro atoms. The Morgan fingerprint density at radius 2 is 2.18 bits per heavy atom. The van der Waals surface area contributed by atoms with Crippen molar-refractivity contribution in [2.45, 2.75) is 13.8 Å². The van der Waals surface area contributed by atoms with Gasteiger partial charge in [-0.15, -0.1) is 0 Å². The zero-order valence-electron chi connectivity index (χ0n) is 9.69. The van der Waals surface area contributed by atoms with E-state index in [1.807, 2.05) is 6.92 Å². The highest BCUT2D eigenvalue weighted by Crippen LogP contribution is 2.20. The van der Waals surface area contributed by atoms with Gasteiger partial charge in [-0.1, -0.05) is 0 Å². The summed E-state index contributed by atoms with van der Waals surface area (Å²) in [7, 11) is 0. The average molecular weight is 238 g/mol. The zero-order chi connectivity index (χ0) is 12.8. The maximum Gasteiger partial charge on any atom is 0.300 e. The van der Waals surface area contributed by atoms with Crippen LogP contribution < -0.4 is 10.6 Å². The molecule has 0 saturated heterocycles. The third-order valence-electron chi connectivity index (χ3n) is 2.02. The molecule has 0 saturated carbocycles. The maximum absolute atomic E-state index is 11.7. The van der Waals surface area contributed by atoms with Gasteiger partial charge in [0, 0.05) is 19.2 Å². The summed E-state index contributed by atoms with van der Waals surface area (Å²) in [6, 6.07) is 1.38. The molecule has 0 aliphatic carbocycles. The standard InChI is InChI=1S/C10H14N4O3/c1-3-11-9-5-7(10(15)12-4-2)8(6-13-9)14(16)17/h5-6H,3-4H2,1-2H3,(H,11,13)(H,12,15). The smallest absolute Gasteiger partial charge is 0.300 e. The molecule has 1 aromatic rings. The largest absolute Gasteiger partial charge is 0.370 e. The Balaban J connectivity index is 3.15. The van der Waals surface area contributed by atoms with E-state index in [0.717, 1.165) is 6.20 Å². The van der Waals surface area contributed by atoms with Crippen LogP contribution in [0.25, 0.3) is 0 Å². The summed E-state index contributed by atoms with van der Waals surface area (Å²) in [5.74, 6) is -0.0277. The van der Waals surface area contributed by atoms with Crippen molar-refractivity contribution < 1.29 is 9.72 Å². The zero-order valence-corrected chi connectivity index (χ0v) is 9.69. The van der Waals surface area contributed by atoms with E-state index in [2.05, 4.69) is 15.6 Å². The number of carbonyl (C=O) groups is 1. The molecule has 0 aliphatic heterocycles. The fourth-order valence-corrected chi connectivity index (χ4v) is 1.31. The Hall–Kier alpha value is -2.18. The lowest BCUT2D eigenvalue weighted by atomic mass is 10.2. The van der Waals surface area contributed by atoms with Crippen LogP contribution in [0, 0.1) is 10.1 Å². The van der Waals surface area contributed by atoms with E-state index in [-0.39, 0.29) is 11.3 Å². The van der Waals surface area contributed by atoms with Gasteiger partial charge in [0.1, 0.15) is 17.6 Å². The predicted octanol–water partition coefficient (Wildman–Crippen LogP) is 1.17. The summed E-state index contributed by atoms with van der Waals surface area (Å²) >= 11 is 0. The molecule has 0 atom stereocenters. The summed E-state index contributed by atoms with van der Waals surface area (Å²) in [4.78, 5) is 25.7. The van der Waals surface area contributed by atoms with Gasteiger partial charge in [-0.2, -0.15) is 0 Å². The second kappa shape index (κ2) is 5.78. The summed E-state index contributed by atoms with van der Waals surface area (Å²) in [5, 5.41) is 16.2. The first-order valence-corrected chi connectivity index (χ1v) is 5.26. The van der Waals surface area contributed by atoms with Crippen LogP contribution in [-0.4, -0.2) is 28.9 Å². The highest BCUT2D eigenvalue weighted by Gasteiger charge is 2.20. The van der Waals surface area contributed by atoms with Crippen molar-refractivity contribution >= 4 is 17.4 Å². The molecule has 1 heterocycles. The number of nitro groups is 1. The van der Waals surface area contributed by atoms with Crippen molar-refractivity contribution in [3.05, 3.63) is 27.9 Å². The molecule has 0 aliphatic rings. The topological polar surface area (TPSA) is 97.2 Å². The molecular weight excluding hydrogens is 224 g/mol. The highest BCUT2D eigenvalue weighted by atomic mass is 16.6. The van der Waals surface area contributed by atoms with Crippen molar-refractivity contribution in [3.63, 3.8) is 0 Å². The molecule has 7 nitrogen and oxygen atoms in total. The first kappa shape index (κ1) is 12.9. The van der Waals surface area contributed by atoms with E-state index < -0.39 is 10.8 Å². The average Bonchev–Trinajstić information content (AvgIpc) is 2.29. The molecule has 0 aromatic carbocycles. The minimum Gasteiger partial charge on any atom is -0.370 e. The number of carbonyl (C=O) groups excluding carboxylic acids is 1. The van der Waals surface area contributed by atoms with Crippen LogP contribution in [0.5, 0.6) is 0 Å². The van der Waals surface area contributed by atoms with Crippen LogP contribution in [0.3, 0.4) is 0 Å². The van der Waals surface area contributed by atoms with Gasteiger partial charge in [-0.05, 0) is 13.8 Å². The first-order chi connectivity index (χ1) is 8.10. The third kappa shape index (κ3) is 3.13. The fraction of sp³-hybridized carbons (Fsp3) is 0.400. The minimum absolute atomic E-state index is 0.0165. The summed E-state index contributed by atoms with van der Waals surface area (Å²) < 4.78 is 0. The second-order valence-electron chi connectivity index (χ2n) is 3.23. The van der Waals surface area contributed by atoms with E-state index in [1.54, 1.807) is 6.92 Å². The number of hydrogen-bond acceptors (Lipinski definition) is 5. The van der Waals surface area contributed by atoms with Gasteiger partial charge in [0.05, 0.1) is 4.92 Å². The Morgan fingerprint density at radius 3 is 2.71 bits per heavy atom. The highest BCUT2D eigenvalue weighted by molar-refractivity contribution is 5.98. The molecule has 17 heavy (non-hydrogen) atoms. The fourth-order valence-electron chi connectivity index (χ4n) is 1.31. The lowest BCUT2D eigenvalue weighted by molar-refractivity contribution is -0.385. The van der Waals surface area contributed by atoms with Crippen molar-refractivity contribution in [1.82, 2.24) is 10.3 Å². The van der Waals surface area contributed by atoms with E-state index in [0.29, 0.717) is 18.9 Å². The predicted molar refractivity (Wildman–Crippen MR) is 63.1 cm³/mol. The van der Waals surface area contributed by atoms with E-state index in [1.165, 1.54) is 6.07 Å². The Morgan fingerprint density at radius 1 is 1.47 bits per heavy atom. The number of hydrogen-bond donors (Lipinski definition) is 2. The molecule has 0 radical (unpaired) electrons. The van der Waals surface area contributed by atoms with Crippen LogP contribution in [0.1, 0.15) is 24.2 Å². The number of pyridine rings is 1. The Labute approximate surface area is 98.4 Å². The van der Waals surface area contributed by atoms with Crippen LogP contribution in [0.15, 0.2) is 12.3 Å². The molecule has 0 unspecified atom stereocenters. The third-order valence-corrected chi connectivity index (χ3v) is 2.02. The molecule has 92 valence electrons. The van der Waals surface area contributed by atoms with E-state index in [9.17, 15) is 14.9 Å². The molecule has 1 aromatic heterocycles. The summed E-state index contributed by atoms with van der Waals surface area (Å²) in [6.45, 7) is 4.65. The maximum atomic E-state index is 11.7. The van der Waals surface area contributed by atoms with Gasteiger partial charge < -0.3 is 10.6 Å². The Bertz CT molecular complexity index is 434. The van der Waals surface area contributed by atoms with E-state index >= 15 is 0 Å². The number of anilines is 1. The van der Waals surface area contributed by atoms with Crippen LogP contribution in [0.4, 0.5) is 11.5 Å². The lowest BCUT2D eigenvalue weighted by Gasteiger charge is -2.06. The number of nitrogens with zero attached hydrogens (tertiary/aromatic N) is 2. The first-order valence-electron chi connectivity index (χ1n) is 5.26. The van der Waals surface area contributed by atoms with Crippen molar-refractivity contribution in [1.29, 1.82) is 0 Å². The number of nitrogens with one attached hydrogen (secondary N) is 2. The summed E-state index contributed by atoms with van der Waals surface area (Å²) in [5.41, 5.74) is -0.277. The monoisotopic (exact) mass is 238 g/mol. The molecular formula is C10H14N4O3. The van der Waals surface area contributed by atoms with Crippen molar-refractivity contribution in [2.75, 3.05) is 18.4 Å². The molecule has 1 amide bonds. The van der Waals surface area contributed by atoms with Crippen molar-refractivity contribution in [2.24, 2.45) is 0 Å². The van der Waals surface area contributed by atoms with Gasteiger partial charge in [-0.25, -0.2) is 4.98 Å². The number of amides is 1. The van der Waals surface area contributed by atoms with Gasteiger partial charge >= 0.3 is 0 Å². The van der Waals surface area contributed by atoms with Crippen molar-refractivity contribution in [3.8, 4) is 0 Å². The minimum atomic E-state index is -0.618. The van der Waals surface area contributed by atoms with Gasteiger partial charge in [0.2, 0.25) is 0 Å². The van der Waals surface area contributed by atoms with Crippen LogP contribution in [-0.2, 0) is 0 Å². The molecule has 0 fully saturated rings. The molecule has 2 N–H and O–H groups in total. The van der Waals surface area contributed by atoms with Gasteiger partial charge in [0.15, 0.2) is 0 Å². The molecule has 0 bridgehead atoms. The second-order valence-corrected chi connectivity index (χ2v) is 3.23. The SMILES string of the molecule is CCNC(=O)c1cc(NCC)ncc1[N+](=O)[O-]. The van der Waals surface area contributed by atoms with Crippen LogP contribution in [0.2, 0.25) is 0 Å². The number of aromatic nitrogens is 1. The van der Waals surface area contributed by atoms with Gasteiger partial charge in [0.25, 0.3) is 11.6 Å². The molecule has 7 heteroatoms. The van der Waals surface area contributed by atoms with E-state index in [4.69, 9.17) is 0 Å². The van der Waals surface area contributed by atoms with Crippen LogP contribution >= 0.6 is 0 Å². The summed E-state index contributed by atoms with van der Waals surface area (Å²) in [6.07, 6.45) is 1.09. The Kier molecular flexibility index (Phi) is 4.38. The quantitative estimate of drug-likeness (QED) is 0.592. The van der Waals surface area contributed by atoms with Gasteiger partial charge in [-0.3, -0.25) is 14.9 Å².